The number of H-pyrrole nitrogens is 2. The summed E-state index contributed by atoms with van der Waals surface area (Å²) >= 11 is 0. The van der Waals surface area contributed by atoms with E-state index in [9.17, 15) is 0 Å². The van der Waals surface area contributed by atoms with E-state index in [4.69, 9.17) is 29.9 Å². The van der Waals surface area contributed by atoms with Crippen LogP contribution >= 0.6 is 0 Å². The molecule has 0 spiro atoms. The zero-order valence-corrected chi connectivity index (χ0v) is 47.1. The molecule has 0 radical (unpaired) electrons. The lowest BCUT2D eigenvalue weighted by Crippen LogP contribution is -1.99. The summed E-state index contributed by atoms with van der Waals surface area (Å²) in [6.45, 7) is 30.5. The number of aryl methyl sites for hydroxylation is 14. The van der Waals surface area contributed by atoms with Gasteiger partial charge in [-0.2, -0.15) is 0 Å². The largest absolute Gasteiger partial charge is 0.354 e. The highest BCUT2D eigenvalue weighted by atomic mass is 14.9. The summed E-state index contributed by atoms with van der Waals surface area (Å²) < 4.78 is 0. The Bertz CT molecular complexity index is 4330. The Labute approximate surface area is 455 Å². The molecule has 8 bridgehead atoms. The highest BCUT2D eigenvalue weighted by Gasteiger charge is 2.32. The third-order valence-corrected chi connectivity index (χ3v) is 16.2. The van der Waals surface area contributed by atoms with E-state index < -0.39 is 0 Å². The van der Waals surface area contributed by atoms with Crippen molar-refractivity contribution in [1.82, 2.24) is 39.9 Å². The van der Waals surface area contributed by atoms with Gasteiger partial charge in [-0.15, -0.1) is 0 Å². The van der Waals surface area contributed by atoms with Crippen LogP contribution < -0.4 is 0 Å². The molecule has 0 atom stereocenters. The van der Waals surface area contributed by atoms with Gasteiger partial charge < -0.3 is 9.97 Å². The van der Waals surface area contributed by atoms with Crippen LogP contribution in [-0.4, -0.2) is 39.9 Å². The molecule has 382 valence electrons. The second-order valence-electron chi connectivity index (χ2n) is 22.5. The van der Waals surface area contributed by atoms with Gasteiger partial charge in [0.05, 0.1) is 33.5 Å². The van der Waals surface area contributed by atoms with Crippen LogP contribution in [0.3, 0.4) is 0 Å². The van der Waals surface area contributed by atoms with E-state index in [0.29, 0.717) is 11.4 Å². The third kappa shape index (κ3) is 7.63. The predicted molar refractivity (Wildman–Crippen MR) is 326 cm³/mol. The standard InChI is InChI=1S/C70H62N8/c1-33-25-37(5)55(38(6)26-33)59-49-19-20-50(73-49)60(56-39(7)27-34(2)28-40(56)8)52-22-24-54(75-52)62(58-43(11)31-36(4)32-44(58)12)68-70-69(67(78-68)61(53-23-21-51(59)74-53)57-41(9)29-35(3)30-42(57)10)76-65-47-17-15-45(13)71-63(47)64-48(66(65)77-70)18-16-46(14)72-64/h15-32,74-75H,1-14H3. The first-order valence-corrected chi connectivity index (χ1v) is 27.1. The van der Waals surface area contributed by atoms with Crippen LogP contribution in [0.2, 0.25) is 0 Å². The van der Waals surface area contributed by atoms with Gasteiger partial charge in [0, 0.05) is 66.5 Å². The Morgan fingerprint density at radius 2 is 0.538 bits per heavy atom. The average Bonchev–Trinajstić information content (AvgIpc) is 4.14. The maximum absolute atomic E-state index is 6.07. The Morgan fingerprint density at radius 3 is 0.859 bits per heavy atom. The Morgan fingerprint density at radius 1 is 0.256 bits per heavy atom. The van der Waals surface area contributed by atoms with Gasteiger partial charge in [0.25, 0.3) is 0 Å². The number of fused-ring (bicyclic) bond motifs is 17. The van der Waals surface area contributed by atoms with Gasteiger partial charge in [0.1, 0.15) is 22.8 Å². The molecular weight excluding hydrogens is 953 g/mol. The first-order valence-electron chi connectivity index (χ1n) is 27.1. The molecular formula is C70H62N8. The van der Waals surface area contributed by atoms with Crippen LogP contribution in [0, 0.1) is 96.9 Å². The summed E-state index contributed by atoms with van der Waals surface area (Å²) in [5, 5.41) is 1.79. The van der Waals surface area contributed by atoms with E-state index in [1.54, 1.807) is 0 Å². The third-order valence-electron chi connectivity index (χ3n) is 16.2. The van der Waals surface area contributed by atoms with Crippen LogP contribution in [0.25, 0.3) is 134 Å². The molecule has 0 aliphatic carbocycles. The number of hydrogen-bond acceptors (Lipinski definition) is 6. The lowest BCUT2D eigenvalue weighted by molar-refractivity contribution is 1.23. The summed E-state index contributed by atoms with van der Waals surface area (Å²) in [6.07, 6.45) is 4.42. The van der Waals surface area contributed by atoms with E-state index in [1.807, 2.05) is 13.8 Å². The molecule has 0 unspecified atom stereocenters. The van der Waals surface area contributed by atoms with Crippen molar-refractivity contribution in [3.63, 3.8) is 0 Å². The molecule has 0 fully saturated rings. The molecule has 0 amide bonds. The molecule has 6 aromatic heterocycles. The van der Waals surface area contributed by atoms with Crippen molar-refractivity contribution >= 4 is 67.1 Å². The molecule has 11 aromatic rings. The topological polar surface area (TPSA) is 109 Å². The summed E-state index contributed by atoms with van der Waals surface area (Å²) in [6, 6.07) is 35.6. The molecule has 8 heteroatoms. The fourth-order valence-electron chi connectivity index (χ4n) is 13.4. The Balaban J connectivity index is 1.33. The van der Waals surface area contributed by atoms with Gasteiger partial charge >= 0.3 is 0 Å². The van der Waals surface area contributed by atoms with E-state index in [0.717, 1.165) is 156 Å². The fourth-order valence-corrected chi connectivity index (χ4v) is 13.4. The number of aromatic nitrogens is 8. The lowest BCUT2D eigenvalue weighted by Gasteiger charge is -2.15. The monoisotopic (exact) mass is 1010 g/mol. The fraction of sp³-hybridized carbons (Fsp3) is 0.200. The number of aromatic amines is 2. The van der Waals surface area contributed by atoms with Crippen LogP contribution in [0.5, 0.6) is 0 Å². The van der Waals surface area contributed by atoms with E-state index in [-0.39, 0.29) is 0 Å². The molecule has 13 rings (SSSR count). The van der Waals surface area contributed by atoms with Crippen molar-refractivity contribution in [2.45, 2.75) is 96.9 Å². The minimum atomic E-state index is 0.704. The molecule has 0 saturated carbocycles. The van der Waals surface area contributed by atoms with Gasteiger partial charge in [-0.3, -0.25) is 9.97 Å². The number of rotatable bonds is 4. The van der Waals surface area contributed by atoms with Crippen LogP contribution in [-0.2, 0) is 0 Å². The average molecular weight is 1020 g/mol. The minimum absolute atomic E-state index is 0.704. The van der Waals surface area contributed by atoms with Gasteiger partial charge in [-0.25, -0.2) is 19.9 Å². The second kappa shape index (κ2) is 17.9. The highest BCUT2D eigenvalue weighted by Crippen LogP contribution is 2.50. The van der Waals surface area contributed by atoms with Crippen molar-refractivity contribution < 1.29 is 0 Å². The maximum Gasteiger partial charge on any atom is 0.118 e. The quantitative estimate of drug-likeness (QED) is 0.170. The van der Waals surface area contributed by atoms with Gasteiger partial charge in [0.15, 0.2) is 0 Å². The first-order chi connectivity index (χ1) is 37.4. The molecule has 2 aliphatic rings. The molecule has 2 aliphatic heterocycles. The molecule has 78 heavy (non-hydrogen) atoms. The van der Waals surface area contributed by atoms with Crippen molar-refractivity contribution in [3.8, 4) is 67.3 Å². The second-order valence-corrected chi connectivity index (χ2v) is 22.5. The summed E-state index contributed by atoms with van der Waals surface area (Å²) in [4.78, 5) is 42.1. The number of hydrogen-bond donors (Lipinski definition) is 2. The molecule has 8 nitrogen and oxygen atoms in total. The molecule has 5 aromatic carbocycles. The van der Waals surface area contributed by atoms with Gasteiger partial charge in [-0.1, -0.05) is 70.8 Å². The van der Waals surface area contributed by atoms with Crippen molar-refractivity contribution in [3.05, 3.63) is 187 Å². The van der Waals surface area contributed by atoms with E-state index in [1.165, 1.54) is 44.5 Å². The van der Waals surface area contributed by atoms with E-state index >= 15 is 0 Å². The van der Waals surface area contributed by atoms with Crippen LogP contribution in [0.15, 0.2) is 97.1 Å². The molecule has 2 N–H and O–H groups in total. The maximum atomic E-state index is 6.07. The number of nitrogens with zero attached hydrogens (tertiary/aromatic N) is 6. The van der Waals surface area contributed by atoms with Crippen molar-refractivity contribution in [1.29, 1.82) is 0 Å². The number of nitrogens with one attached hydrogen (secondary N) is 2. The van der Waals surface area contributed by atoms with Crippen LogP contribution in [0.4, 0.5) is 0 Å². The number of benzene rings is 5. The number of pyridine rings is 2. The molecule has 0 saturated heterocycles. The summed E-state index contributed by atoms with van der Waals surface area (Å²) in [5.41, 5.74) is 35.9. The van der Waals surface area contributed by atoms with Gasteiger partial charge in [0.2, 0.25) is 0 Å². The normalized spacial score (nSPS) is 12.2. The highest BCUT2D eigenvalue weighted by molar-refractivity contribution is 6.22. The zero-order valence-electron chi connectivity index (χ0n) is 47.1. The van der Waals surface area contributed by atoms with E-state index in [2.05, 4.69) is 202 Å². The van der Waals surface area contributed by atoms with Gasteiger partial charge in [-0.05, 0) is 224 Å². The summed E-state index contributed by atoms with van der Waals surface area (Å²) in [7, 11) is 0. The minimum Gasteiger partial charge on any atom is -0.354 e. The lowest BCUT2D eigenvalue weighted by atomic mass is 9.91. The smallest absolute Gasteiger partial charge is 0.118 e. The predicted octanol–water partition coefficient (Wildman–Crippen LogP) is 17.8. The Hall–Kier alpha value is -8.88. The molecule has 8 heterocycles. The van der Waals surface area contributed by atoms with Crippen LogP contribution in [0.1, 0.15) is 89.5 Å². The van der Waals surface area contributed by atoms with Crippen molar-refractivity contribution in [2.24, 2.45) is 0 Å². The van der Waals surface area contributed by atoms with Crippen molar-refractivity contribution in [2.75, 3.05) is 0 Å². The zero-order chi connectivity index (χ0) is 54.3. The SMILES string of the molecule is Cc1cc(C)c(-c2c3nc(c(-c4c(C)cc(C)cc4C)c4ccc([nH]4)c(-c4c(C)cc(C)cc4C)c4nc(c(-c5c(C)cc(C)cc5C)c5ccc2[nH]5)-c2nc5c6ccc(C)nc6c6nc(C)ccc6c5nc2-4)C=C3)c(C)c1. The first kappa shape index (κ1) is 48.7. The summed E-state index contributed by atoms with van der Waals surface area (Å²) in [5.74, 6) is 0. The Kier molecular flexibility index (Phi) is 11.2.